The molecule has 0 aliphatic rings. The first-order valence-electron chi connectivity index (χ1n) is 7.75. The number of nitrogens with one attached hydrogen (secondary N) is 1. The zero-order valence-electron chi connectivity index (χ0n) is 14.6. The summed E-state index contributed by atoms with van der Waals surface area (Å²) in [6, 6.07) is 5.03. The molecule has 0 radical (unpaired) electrons. The molecule has 0 unspecified atom stereocenters. The Bertz CT molecular complexity index is 658. The molecule has 1 aromatic carbocycles. The number of hydrogen-bond acceptors (Lipinski definition) is 5. The largest absolute Gasteiger partial charge is 0.495 e. The third-order valence-corrected chi connectivity index (χ3v) is 5.39. The van der Waals surface area contributed by atoms with Crippen LogP contribution in [0.1, 0.15) is 31.7 Å². The number of nitrogens with zero attached hydrogens (tertiary/aromatic N) is 1. The van der Waals surface area contributed by atoms with Gasteiger partial charge in [-0.15, -0.1) is 0 Å². The number of carbonyl (C=O) groups is 1. The monoisotopic (exact) mass is 358 g/mol. The van der Waals surface area contributed by atoms with Crippen molar-refractivity contribution in [2.75, 3.05) is 33.9 Å². The zero-order chi connectivity index (χ0) is 18.3. The minimum atomic E-state index is -3.87. The molecule has 7 nitrogen and oxygen atoms in total. The molecule has 0 heterocycles. The fourth-order valence-corrected chi connectivity index (χ4v) is 3.39. The molecular formula is C16H26N2O5S. The van der Waals surface area contributed by atoms with E-state index in [0.29, 0.717) is 13.0 Å². The van der Waals surface area contributed by atoms with Gasteiger partial charge in [-0.2, -0.15) is 4.31 Å². The lowest BCUT2D eigenvalue weighted by atomic mass is 10.0. The molecule has 1 rings (SSSR count). The van der Waals surface area contributed by atoms with Crippen LogP contribution in [-0.4, -0.2) is 57.6 Å². The summed E-state index contributed by atoms with van der Waals surface area (Å²) in [4.78, 5) is 11.8. The third kappa shape index (κ3) is 5.19. The Morgan fingerprint density at radius 3 is 2.58 bits per heavy atom. The summed E-state index contributed by atoms with van der Waals surface area (Å²) in [5, 5.41) is 11.3. The molecule has 0 atom stereocenters. The molecule has 0 aliphatic heterocycles. The maximum absolute atomic E-state index is 12.8. The molecule has 0 spiro atoms. The van der Waals surface area contributed by atoms with Crippen LogP contribution in [0, 0.1) is 0 Å². The summed E-state index contributed by atoms with van der Waals surface area (Å²) in [7, 11) is -1.11. The Kier molecular flexibility index (Phi) is 7.65. The summed E-state index contributed by atoms with van der Waals surface area (Å²) >= 11 is 0. The van der Waals surface area contributed by atoms with Crippen molar-refractivity contribution in [3.8, 4) is 5.75 Å². The van der Waals surface area contributed by atoms with Gasteiger partial charge in [0, 0.05) is 20.2 Å². The Labute approximate surface area is 143 Å². The molecule has 0 saturated heterocycles. The lowest BCUT2D eigenvalue weighted by molar-refractivity contribution is -0.121. The van der Waals surface area contributed by atoms with Crippen molar-refractivity contribution in [3.63, 3.8) is 0 Å². The van der Waals surface area contributed by atoms with E-state index < -0.39 is 15.9 Å². The zero-order valence-corrected chi connectivity index (χ0v) is 15.4. The molecule has 1 aromatic rings. The second-order valence-corrected chi connectivity index (χ2v) is 7.77. The lowest BCUT2D eigenvalue weighted by Crippen LogP contribution is -2.38. The van der Waals surface area contributed by atoms with Crippen molar-refractivity contribution < 1.29 is 23.1 Å². The van der Waals surface area contributed by atoms with E-state index in [4.69, 9.17) is 9.84 Å². The Hall–Kier alpha value is -1.64. The summed E-state index contributed by atoms with van der Waals surface area (Å²) in [6.07, 6.45) is 0.423. The molecule has 0 saturated carbocycles. The first kappa shape index (κ1) is 20.4. The maximum atomic E-state index is 12.8. The van der Waals surface area contributed by atoms with Crippen molar-refractivity contribution >= 4 is 15.9 Å². The van der Waals surface area contributed by atoms with Crippen LogP contribution in [0.15, 0.2) is 23.1 Å². The van der Waals surface area contributed by atoms with Crippen LogP contribution in [0.4, 0.5) is 0 Å². The minimum absolute atomic E-state index is 0.0341. The van der Waals surface area contributed by atoms with Crippen molar-refractivity contribution in [1.82, 2.24) is 9.62 Å². The average Bonchev–Trinajstić information content (AvgIpc) is 2.54. The molecule has 136 valence electrons. The van der Waals surface area contributed by atoms with Gasteiger partial charge in [0.05, 0.1) is 13.7 Å². The number of methoxy groups -OCH3 is 1. The predicted octanol–water partition coefficient (Wildman–Crippen LogP) is 0.938. The average molecular weight is 358 g/mol. The van der Waals surface area contributed by atoms with Crippen molar-refractivity contribution in [2.24, 2.45) is 0 Å². The van der Waals surface area contributed by atoms with Crippen molar-refractivity contribution in [2.45, 2.75) is 31.1 Å². The molecule has 24 heavy (non-hydrogen) atoms. The molecular weight excluding hydrogens is 332 g/mol. The van der Waals surface area contributed by atoms with Gasteiger partial charge in [0.25, 0.3) is 0 Å². The van der Waals surface area contributed by atoms with E-state index in [0.717, 1.165) is 9.87 Å². The van der Waals surface area contributed by atoms with E-state index in [2.05, 4.69) is 5.32 Å². The highest BCUT2D eigenvalue weighted by Gasteiger charge is 2.27. The van der Waals surface area contributed by atoms with E-state index in [1.807, 2.05) is 19.9 Å². The Balaban J connectivity index is 3.01. The van der Waals surface area contributed by atoms with Crippen LogP contribution in [0.25, 0.3) is 0 Å². The van der Waals surface area contributed by atoms with Gasteiger partial charge in [-0.3, -0.25) is 4.79 Å². The summed E-state index contributed by atoms with van der Waals surface area (Å²) < 4.78 is 31.7. The highest BCUT2D eigenvalue weighted by Crippen LogP contribution is 2.29. The highest BCUT2D eigenvalue weighted by atomic mass is 32.2. The Morgan fingerprint density at radius 1 is 1.38 bits per heavy atom. The van der Waals surface area contributed by atoms with Gasteiger partial charge in [0.1, 0.15) is 10.6 Å². The number of rotatable bonds is 9. The number of aliphatic hydroxyl groups is 1. The number of carbonyl (C=O) groups excluding carboxylic acids is 1. The molecule has 0 aromatic heterocycles. The van der Waals surface area contributed by atoms with Gasteiger partial charge in [0.15, 0.2) is 0 Å². The van der Waals surface area contributed by atoms with Gasteiger partial charge in [-0.25, -0.2) is 8.42 Å². The number of likely N-dealkylation sites (N-methyl/N-ethyl adjacent to an activating group) is 1. The number of aliphatic hydroxyl groups excluding tert-OH is 1. The number of benzene rings is 1. The second kappa shape index (κ2) is 9.00. The fourth-order valence-electron chi connectivity index (χ4n) is 2.07. The number of amides is 1. The van der Waals surface area contributed by atoms with Crippen LogP contribution < -0.4 is 10.1 Å². The minimum Gasteiger partial charge on any atom is -0.495 e. The SMILES string of the molecule is COc1ccc(C(C)C)cc1S(=O)(=O)N(C)CC(=O)NCCCO. The third-order valence-electron chi connectivity index (χ3n) is 3.57. The van der Waals surface area contributed by atoms with E-state index in [9.17, 15) is 13.2 Å². The first-order valence-corrected chi connectivity index (χ1v) is 9.19. The van der Waals surface area contributed by atoms with Gasteiger partial charge < -0.3 is 15.2 Å². The van der Waals surface area contributed by atoms with Crippen LogP contribution in [0.2, 0.25) is 0 Å². The lowest BCUT2D eigenvalue weighted by Gasteiger charge is -2.19. The number of sulfonamides is 1. The van der Waals surface area contributed by atoms with Gasteiger partial charge in [-0.05, 0) is 30.0 Å². The predicted molar refractivity (Wildman–Crippen MR) is 91.6 cm³/mol. The normalized spacial score (nSPS) is 11.8. The molecule has 8 heteroatoms. The van der Waals surface area contributed by atoms with Crippen molar-refractivity contribution in [1.29, 1.82) is 0 Å². The van der Waals surface area contributed by atoms with Gasteiger partial charge >= 0.3 is 0 Å². The van der Waals surface area contributed by atoms with Crippen LogP contribution in [0.3, 0.4) is 0 Å². The summed E-state index contributed by atoms with van der Waals surface area (Å²) in [5.41, 5.74) is 0.871. The first-order chi connectivity index (χ1) is 11.2. The van der Waals surface area contributed by atoms with E-state index in [1.54, 1.807) is 12.1 Å². The topological polar surface area (TPSA) is 95.9 Å². The Morgan fingerprint density at radius 2 is 2.04 bits per heavy atom. The molecule has 1 amide bonds. The quantitative estimate of drug-likeness (QED) is 0.641. The van der Waals surface area contributed by atoms with Crippen LogP contribution in [-0.2, 0) is 14.8 Å². The maximum Gasteiger partial charge on any atom is 0.246 e. The van der Waals surface area contributed by atoms with E-state index >= 15 is 0 Å². The number of hydrogen-bond donors (Lipinski definition) is 2. The standard InChI is InChI=1S/C16H26N2O5S/c1-12(2)13-6-7-14(23-4)15(10-13)24(21,22)18(3)11-16(20)17-8-5-9-19/h6-7,10,12,19H,5,8-9,11H2,1-4H3,(H,17,20). The second-order valence-electron chi connectivity index (χ2n) is 5.75. The van der Waals surface area contributed by atoms with Crippen LogP contribution in [0.5, 0.6) is 5.75 Å². The highest BCUT2D eigenvalue weighted by molar-refractivity contribution is 7.89. The van der Waals surface area contributed by atoms with Gasteiger partial charge in [-0.1, -0.05) is 19.9 Å². The van der Waals surface area contributed by atoms with E-state index in [1.165, 1.54) is 14.2 Å². The van der Waals surface area contributed by atoms with E-state index in [-0.39, 0.29) is 29.7 Å². The molecule has 2 N–H and O–H groups in total. The van der Waals surface area contributed by atoms with Gasteiger partial charge in [0.2, 0.25) is 15.9 Å². The summed E-state index contributed by atoms with van der Waals surface area (Å²) in [6.45, 7) is 3.90. The molecule has 0 fully saturated rings. The molecule has 0 aliphatic carbocycles. The molecule has 0 bridgehead atoms. The number of ether oxygens (including phenoxy) is 1. The van der Waals surface area contributed by atoms with Crippen LogP contribution >= 0.6 is 0 Å². The van der Waals surface area contributed by atoms with Crippen molar-refractivity contribution in [3.05, 3.63) is 23.8 Å². The smallest absolute Gasteiger partial charge is 0.246 e. The summed E-state index contributed by atoms with van der Waals surface area (Å²) in [5.74, 6) is -0.0163. The fraction of sp³-hybridized carbons (Fsp3) is 0.562.